The van der Waals surface area contributed by atoms with Crippen molar-refractivity contribution in [1.82, 2.24) is 0 Å². The van der Waals surface area contributed by atoms with Crippen molar-refractivity contribution in [1.29, 1.82) is 0 Å². The summed E-state index contributed by atoms with van der Waals surface area (Å²) in [7, 11) is 0. The van der Waals surface area contributed by atoms with E-state index in [0.717, 1.165) is 12.0 Å². The molecule has 0 unspecified atom stereocenters. The zero-order valence-corrected chi connectivity index (χ0v) is 10.4. The summed E-state index contributed by atoms with van der Waals surface area (Å²) < 4.78 is 0. The lowest BCUT2D eigenvalue weighted by Gasteiger charge is -2.12. The van der Waals surface area contributed by atoms with Crippen LogP contribution in [0.15, 0.2) is 17.0 Å². The first-order valence-electron chi connectivity index (χ1n) is 5.66. The second-order valence-electron chi connectivity index (χ2n) is 4.20. The van der Waals surface area contributed by atoms with Crippen LogP contribution < -0.4 is 0 Å². The van der Waals surface area contributed by atoms with Crippen molar-refractivity contribution in [2.75, 3.05) is 0 Å². The molecule has 1 aromatic carbocycles. The number of aryl methyl sites for hydroxylation is 1. The molecule has 0 spiro atoms. The van der Waals surface area contributed by atoms with E-state index in [-0.39, 0.29) is 0 Å². The SMILES string of the molecule is CCc1ccc(C(=O)O)c(C)c1SC1CC1. The van der Waals surface area contributed by atoms with Gasteiger partial charge in [0.25, 0.3) is 0 Å². The Morgan fingerprint density at radius 3 is 2.69 bits per heavy atom. The minimum atomic E-state index is -0.821. The molecule has 86 valence electrons. The topological polar surface area (TPSA) is 37.3 Å². The summed E-state index contributed by atoms with van der Waals surface area (Å²) in [5.74, 6) is -0.821. The third kappa shape index (κ3) is 2.24. The maximum absolute atomic E-state index is 11.1. The Labute approximate surface area is 100 Å². The van der Waals surface area contributed by atoms with Crippen LogP contribution in [-0.2, 0) is 6.42 Å². The van der Waals surface area contributed by atoms with Crippen molar-refractivity contribution in [3.8, 4) is 0 Å². The van der Waals surface area contributed by atoms with Crippen LogP contribution in [0, 0.1) is 6.92 Å². The van der Waals surface area contributed by atoms with Gasteiger partial charge in [-0.25, -0.2) is 4.79 Å². The molecule has 0 amide bonds. The summed E-state index contributed by atoms with van der Waals surface area (Å²) in [4.78, 5) is 12.3. The Morgan fingerprint density at radius 2 is 2.19 bits per heavy atom. The van der Waals surface area contributed by atoms with Gasteiger partial charge in [-0.3, -0.25) is 0 Å². The highest BCUT2D eigenvalue weighted by Crippen LogP contribution is 2.42. The van der Waals surface area contributed by atoms with Crippen molar-refractivity contribution in [3.63, 3.8) is 0 Å². The molecule has 1 aliphatic carbocycles. The average Bonchev–Trinajstić information content (AvgIpc) is 3.04. The van der Waals surface area contributed by atoms with Gasteiger partial charge in [-0.1, -0.05) is 13.0 Å². The first-order valence-corrected chi connectivity index (χ1v) is 6.54. The van der Waals surface area contributed by atoms with Gasteiger partial charge in [0.1, 0.15) is 0 Å². The van der Waals surface area contributed by atoms with Gasteiger partial charge in [-0.2, -0.15) is 0 Å². The number of carboxylic acids is 1. The molecular formula is C13H16O2S. The van der Waals surface area contributed by atoms with Crippen molar-refractivity contribution in [2.45, 2.75) is 43.3 Å². The minimum absolute atomic E-state index is 0.445. The molecule has 1 N–H and O–H groups in total. The molecule has 16 heavy (non-hydrogen) atoms. The summed E-state index contributed by atoms with van der Waals surface area (Å²) in [5.41, 5.74) is 2.66. The summed E-state index contributed by atoms with van der Waals surface area (Å²) in [6, 6.07) is 3.69. The summed E-state index contributed by atoms with van der Waals surface area (Å²) >= 11 is 1.86. The Morgan fingerprint density at radius 1 is 1.50 bits per heavy atom. The molecule has 1 fully saturated rings. The third-order valence-electron chi connectivity index (χ3n) is 2.91. The van der Waals surface area contributed by atoms with Crippen molar-refractivity contribution < 1.29 is 9.90 Å². The lowest BCUT2D eigenvalue weighted by Crippen LogP contribution is -2.03. The van der Waals surface area contributed by atoms with Gasteiger partial charge in [-0.05, 0) is 43.4 Å². The summed E-state index contributed by atoms with van der Waals surface area (Å²) in [6.45, 7) is 4.04. The Balaban J connectivity index is 2.42. The van der Waals surface area contributed by atoms with Gasteiger partial charge in [-0.15, -0.1) is 11.8 Å². The molecule has 1 aromatic rings. The van der Waals surface area contributed by atoms with Crippen LogP contribution >= 0.6 is 11.8 Å². The van der Waals surface area contributed by atoms with Gasteiger partial charge in [0.2, 0.25) is 0 Å². The van der Waals surface area contributed by atoms with Gasteiger partial charge in [0.15, 0.2) is 0 Å². The predicted molar refractivity (Wildman–Crippen MR) is 66.4 cm³/mol. The van der Waals surface area contributed by atoms with Gasteiger partial charge < -0.3 is 5.11 Å². The highest BCUT2D eigenvalue weighted by molar-refractivity contribution is 8.00. The quantitative estimate of drug-likeness (QED) is 0.869. The molecule has 0 radical (unpaired) electrons. The lowest BCUT2D eigenvalue weighted by atomic mass is 10.0. The van der Waals surface area contributed by atoms with E-state index in [1.807, 2.05) is 24.8 Å². The molecule has 0 atom stereocenters. The van der Waals surface area contributed by atoms with Crippen LogP contribution in [-0.4, -0.2) is 16.3 Å². The average molecular weight is 236 g/mol. The van der Waals surface area contributed by atoms with Crippen LogP contribution in [0.4, 0.5) is 0 Å². The zero-order chi connectivity index (χ0) is 11.7. The van der Waals surface area contributed by atoms with E-state index in [1.165, 1.54) is 23.3 Å². The van der Waals surface area contributed by atoms with E-state index < -0.39 is 5.97 Å². The maximum Gasteiger partial charge on any atom is 0.335 e. The van der Waals surface area contributed by atoms with Gasteiger partial charge >= 0.3 is 5.97 Å². The highest BCUT2D eigenvalue weighted by Gasteiger charge is 2.25. The van der Waals surface area contributed by atoms with Crippen LogP contribution in [0.1, 0.15) is 41.3 Å². The molecular weight excluding hydrogens is 220 g/mol. The normalized spacial score (nSPS) is 15.1. The monoisotopic (exact) mass is 236 g/mol. The van der Waals surface area contributed by atoms with E-state index in [1.54, 1.807) is 6.07 Å². The Bertz CT molecular complexity index is 422. The van der Waals surface area contributed by atoms with E-state index >= 15 is 0 Å². The number of hydrogen-bond donors (Lipinski definition) is 1. The standard InChI is InChI=1S/C13H16O2S/c1-3-9-4-7-11(13(14)15)8(2)12(9)16-10-5-6-10/h4,7,10H,3,5-6H2,1-2H3,(H,14,15). The number of benzene rings is 1. The summed E-state index contributed by atoms with van der Waals surface area (Å²) in [5, 5.41) is 9.81. The molecule has 1 saturated carbocycles. The number of hydrogen-bond acceptors (Lipinski definition) is 2. The van der Waals surface area contributed by atoms with Crippen LogP contribution in [0.25, 0.3) is 0 Å². The number of carboxylic acid groups (broad SMARTS) is 1. The molecule has 1 aliphatic rings. The summed E-state index contributed by atoms with van der Waals surface area (Å²) in [6.07, 6.45) is 3.50. The second-order valence-corrected chi connectivity index (χ2v) is 5.51. The number of carbonyl (C=O) groups is 1. The van der Waals surface area contributed by atoms with Crippen LogP contribution in [0.5, 0.6) is 0 Å². The molecule has 3 heteroatoms. The van der Waals surface area contributed by atoms with E-state index in [2.05, 4.69) is 6.92 Å². The number of rotatable bonds is 4. The van der Waals surface area contributed by atoms with Crippen LogP contribution in [0.2, 0.25) is 0 Å². The Kier molecular flexibility index (Phi) is 3.24. The van der Waals surface area contributed by atoms with Crippen molar-refractivity contribution in [3.05, 3.63) is 28.8 Å². The van der Waals surface area contributed by atoms with E-state index in [4.69, 9.17) is 5.11 Å². The first kappa shape index (κ1) is 11.5. The molecule has 2 rings (SSSR count). The smallest absolute Gasteiger partial charge is 0.335 e. The van der Waals surface area contributed by atoms with E-state index in [9.17, 15) is 4.79 Å². The molecule has 0 bridgehead atoms. The molecule has 0 saturated heterocycles. The third-order valence-corrected chi connectivity index (χ3v) is 4.52. The molecule has 0 heterocycles. The lowest BCUT2D eigenvalue weighted by molar-refractivity contribution is 0.0696. The van der Waals surface area contributed by atoms with Crippen molar-refractivity contribution in [2.24, 2.45) is 0 Å². The number of aromatic carboxylic acids is 1. The highest BCUT2D eigenvalue weighted by atomic mass is 32.2. The first-order chi connectivity index (χ1) is 7.63. The maximum atomic E-state index is 11.1. The van der Waals surface area contributed by atoms with Gasteiger partial charge in [0, 0.05) is 10.1 Å². The van der Waals surface area contributed by atoms with Crippen LogP contribution in [0.3, 0.4) is 0 Å². The fraction of sp³-hybridized carbons (Fsp3) is 0.462. The zero-order valence-electron chi connectivity index (χ0n) is 9.62. The number of thioether (sulfide) groups is 1. The molecule has 0 aliphatic heterocycles. The molecule has 0 aromatic heterocycles. The fourth-order valence-corrected chi connectivity index (χ4v) is 3.13. The largest absolute Gasteiger partial charge is 0.478 e. The predicted octanol–water partition coefficient (Wildman–Crippen LogP) is 3.51. The molecule has 2 nitrogen and oxygen atoms in total. The minimum Gasteiger partial charge on any atom is -0.478 e. The second kappa shape index (κ2) is 4.50. The fourth-order valence-electron chi connectivity index (χ4n) is 1.77. The van der Waals surface area contributed by atoms with Gasteiger partial charge in [0.05, 0.1) is 5.56 Å². The van der Waals surface area contributed by atoms with Crippen molar-refractivity contribution >= 4 is 17.7 Å². The van der Waals surface area contributed by atoms with E-state index in [0.29, 0.717) is 10.8 Å². The Hall–Kier alpha value is -0.960.